The highest BCUT2D eigenvalue weighted by Gasteiger charge is 2.44. The molecule has 1 fully saturated rings. The first-order valence-corrected chi connectivity index (χ1v) is 18.8. The second-order valence-electron chi connectivity index (χ2n) is 15.9. The number of ether oxygens (including phenoxy) is 3. The Labute approximate surface area is 307 Å². The summed E-state index contributed by atoms with van der Waals surface area (Å²) < 4.78 is 17.9. The van der Waals surface area contributed by atoms with Crippen LogP contribution in [0.1, 0.15) is 98.6 Å². The van der Waals surface area contributed by atoms with E-state index in [0.29, 0.717) is 30.8 Å². The Morgan fingerprint density at radius 3 is 2.57 bits per heavy atom. The van der Waals surface area contributed by atoms with Gasteiger partial charge < -0.3 is 24.2 Å². The molecule has 0 bridgehead atoms. The molecule has 0 radical (unpaired) electrons. The van der Waals surface area contributed by atoms with Crippen LogP contribution in [0.25, 0.3) is 0 Å². The van der Waals surface area contributed by atoms with E-state index < -0.39 is 11.7 Å². The van der Waals surface area contributed by atoms with E-state index in [1.165, 1.54) is 11.1 Å². The van der Waals surface area contributed by atoms with Gasteiger partial charge in [-0.25, -0.2) is 9.59 Å². The summed E-state index contributed by atoms with van der Waals surface area (Å²) in [5.41, 5.74) is 4.60. The molecule has 0 saturated heterocycles. The van der Waals surface area contributed by atoms with E-state index in [1.807, 2.05) is 64.1 Å². The second kappa shape index (κ2) is 15.4. The number of nitrogens with zero attached hydrogens (tertiary/aromatic N) is 1. The lowest BCUT2D eigenvalue weighted by molar-refractivity contribution is 0.00692. The molecule has 3 aromatic carbocycles. The number of aryl methyl sites for hydroxylation is 1. The van der Waals surface area contributed by atoms with Gasteiger partial charge in [0.25, 0.3) is 0 Å². The summed E-state index contributed by atoms with van der Waals surface area (Å²) in [6.07, 6.45) is 7.21. The predicted octanol–water partition coefficient (Wildman–Crippen LogP) is 8.99. The number of benzene rings is 3. The first-order chi connectivity index (χ1) is 24.3. The van der Waals surface area contributed by atoms with Gasteiger partial charge in [0.05, 0.1) is 36.1 Å². The summed E-state index contributed by atoms with van der Waals surface area (Å²) in [5.74, 6) is 0.591. The molecule has 2 aliphatic carbocycles. The number of hydrogen-bond donors (Lipinski definition) is 1. The molecule has 1 saturated carbocycles. The normalized spacial score (nSPS) is 22.8. The molecule has 5 atom stereocenters. The highest BCUT2D eigenvalue weighted by Crippen LogP contribution is 2.47. The fourth-order valence-electron chi connectivity index (χ4n) is 8.06. The number of hydrogen-bond acceptors (Lipinski definition) is 7. The molecule has 1 spiro atoms. The maximum atomic E-state index is 13.2. The van der Waals surface area contributed by atoms with Crippen molar-refractivity contribution in [1.82, 2.24) is 0 Å². The van der Waals surface area contributed by atoms with Crippen molar-refractivity contribution in [3.8, 4) is 5.75 Å². The zero-order chi connectivity index (χ0) is 36.3. The quantitative estimate of drug-likeness (QED) is 0.166. The minimum absolute atomic E-state index is 0.111. The number of anilines is 1. The average molecular weight is 714 g/mol. The zero-order valence-corrected chi connectivity index (χ0v) is 31.4. The van der Waals surface area contributed by atoms with E-state index in [2.05, 4.69) is 30.0 Å². The zero-order valence-electron chi connectivity index (χ0n) is 30.6. The number of rotatable bonds is 10. The monoisotopic (exact) mass is 713 g/mol. The molecule has 1 N–H and O–H groups in total. The van der Waals surface area contributed by atoms with Crippen LogP contribution in [0.15, 0.2) is 78.4 Å². The topological polar surface area (TPSA) is 85.3 Å². The molecule has 8 heteroatoms. The molecular formula is C43H52ClNO6. The van der Waals surface area contributed by atoms with Crippen molar-refractivity contribution in [2.24, 2.45) is 17.8 Å². The first-order valence-electron chi connectivity index (χ1n) is 18.4. The van der Waals surface area contributed by atoms with Gasteiger partial charge in [-0.1, -0.05) is 48.9 Å². The Kier molecular flexibility index (Phi) is 11.2. The summed E-state index contributed by atoms with van der Waals surface area (Å²) in [5, 5.41) is 12.4. The van der Waals surface area contributed by atoms with Crippen molar-refractivity contribution >= 4 is 29.2 Å². The minimum atomic E-state index is -0.609. The third kappa shape index (κ3) is 8.64. The van der Waals surface area contributed by atoms with Crippen LogP contribution in [0.5, 0.6) is 5.75 Å². The van der Waals surface area contributed by atoms with Crippen molar-refractivity contribution < 1.29 is 28.9 Å². The Bertz CT molecular complexity index is 1750. The highest BCUT2D eigenvalue weighted by atomic mass is 35.5. The third-order valence-electron chi connectivity index (χ3n) is 10.8. The number of halogens is 1. The van der Waals surface area contributed by atoms with E-state index in [0.717, 1.165) is 67.2 Å². The van der Waals surface area contributed by atoms with E-state index >= 15 is 0 Å². The lowest BCUT2D eigenvalue weighted by atomic mass is 9.67. The lowest BCUT2D eigenvalue weighted by Crippen LogP contribution is -2.49. The minimum Gasteiger partial charge on any atom is -0.490 e. The molecule has 3 aliphatic rings. The van der Waals surface area contributed by atoms with E-state index in [1.54, 1.807) is 18.2 Å². The number of allylic oxidation sites excluding steroid dienone is 1. The molecule has 1 heterocycles. The number of carbonyl (C=O) groups is 2. The van der Waals surface area contributed by atoms with Crippen LogP contribution in [0.3, 0.4) is 0 Å². The first kappa shape index (κ1) is 37.0. The summed E-state index contributed by atoms with van der Waals surface area (Å²) in [4.78, 5) is 28.0. The van der Waals surface area contributed by atoms with Gasteiger partial charge in [0.1, 0.15) is 11.4 Å². The van der Waals surface area contributed by atoms with Crippen LogP contribution in [-0.2, 0) is 21.3 Å². The van der Waals surface area contributed by atoms with Gasteiger partial charge >= 0.3 is 11.9 Å². The van der Waals surface area contributed by atoms with Gasteiger partial charge in [0.2, 0.25) is 0 Å². The molecule has 3 aromatic rings. The van der Waals surface area contributed by atoms with Crippen LogP contribution in [-0.4, -0.2) is 55.1 Å². The molecule has 7 nitrogen and oxygen atoms in total. The van der Waals surface area contributed by atoms with Crippen molar-refractivity contribution in [3.05, 3.63) is 106 Å². The number of carbonyl (C=O) groups excluding carboxylic acids is 2. The summed E-state index contributed by atoms with van der Waals surface area (Å²) >= 11 is 6.46. The van der Waals surface area contributed by atoms with Gasteiger partial charge in [-0.3, -0.25) is 0 Å². The maximum Gasteiger partial charge on any atom is 0.338 e. The van der Waals surface area contributed by atoms with E-state index in [9.17, 15) is 14.7 Å². The largest absolute Gasteiger partial charge is 0.490 e. The highest BCUT2D eigenvalue weighted by molar-refractivity contribution is 6.30. The van der Waals surface area contributed by atoms with Crippen molar-refractivity contribution in [3.63, 3.8) is 0 Å². The van der Waals surface area contributed by atoms with Crippen LogP contribution in [0.2, 0.25) is 5.02 Å². The van der Waals surface area contributed by atoms with E-state index in [-0.39, 0.29) is 35.1 Å². The predicted molar refractivity (Wildman–Crippen MR) is 202 cm³/mol. The maximum absolute atomic E-state index is 13.2. The fraction of sp³-hybridized carbons (Fsp3) is 0.488. The molecule has 0 aromatic heterocycles. The van der Waals surface area contributed by atoms with Gasteiger partial charge in [-0.2, -0.15) is 0 Å². The van der Waals surface area contributed by atoms with Crippen LogP contribution in [0, 0.1) is 17.8 Å². The van der Waals surface area contributed by atoms with Crippen molar-refractivity contribution in [1.29, 1.82) is 0 Å². The Hall–Kier alpha value is -3.81. The summed E-state index contributed by atoms with van der Waals surface area (Å²) in [6, 6.07) is 20.9. The third-order valence-corrected chi connectivity index (χ3v) is 11.1. The lowest BCUT2D eigenvalue weighted by Gasteiger charge is -2.46. The van der Waals surface area contributed by atoms with Gasteiger partial charge in [0, 0.05) is 23.5 Å². The fourth-order valence-corrected chi connectivity index (χ4v) is 8.26. The van der Waals surface area contributed by atoms with Crippen LogP contribution >= 0.6 is 11.6 Å². The standard InChI is InChI=1S/C43H52ClNO6/c1-28(19-21-49-40(47)30-10-7-6-8-11-30)22-29(2)39(46)35-16-13-33(35)25-45-26-43(20-9-12-31-23-34(44)15-17-36(31)43)27-50-38-18-14-32(24-37(38)45)41(48)51-42(3,4)5/h6-8,10-11,14-15,17-18,22-24,28,33,35,39,46H,9,12-13,16,19-21,25-27H2,1-5H3/b29-22+/t28?,33-,35+,39-,43-/m0/s1. The van der Waals surface area contributed by atoms with Gasteiger partial charge in [0.15, 0.2) is 0 Å². The van der Waals surface area contributed by atoms with Gasteiger partial charge in [-0.15, -0.1) is 0 Å². The molecular weight excluding hydrogens is 662 g/mol. The number of aliphatic hydroxyl groups excluding tert-OH is 1. The molecule has 51 heavy (non-hydrogen) atoms. The van der Waals surface area contributed by atoms with Crippen LogP contribution in [0.4, 0.5) is 5.69 Å². The average Bonchev–Trinajstić information content (AvgIpc) is 3.22. The van der Waals surface area contributed by atoms with Crippen molar-refractivity contribution in [2.45, 2.75) is 90.3 Å². The Morgan fingerprint density at radius 2 is 1.84 bits per heavy atom. The molecule has 6 rings (SSSR count). The Balaban J connectivity index is 1.20. The Morgan fingerprint density at radius 1 is 1.06 bits per heavy atom. The smallest absolute Gasteiger partial charge is 0.338 e. The van der Waals surface area contributed by atoms with Crippen LogP contribution < -0.4 is 9.64 Å². The second-order valence-corrected chi connectivity index (χ2v) is 16.4. The SMILES string of the molecule is C/C(=C\C(C)CCOC(=O)c1ccccc1)[C@H](O)[C@@H]1CC[C@H]1CN1C[C@@]2(CCCc3cc(Cl)ccc32)COc2ccc(C(=O)OC(C)(C)C)cc21. The number of esters is 2. The van der Waals surface area contributed by atoms with E-state index in [4.69, 9.17) is 25.8 Å². The summed E-state index contributed by atoms with van der Waals surface area (Å²) in [7, 11) is 0. The van der Waals surface area contributed by atoms with Crippen molar-refractivity contribution in [2.75, 3.05) is 31.2 Å². The molecule has 0 amide bonds. The number of aliphatic hydroxyl groups is 1. The summed E-state index contributed by atoms with van der Waals surface area (Å²) in [6.45, 7) is 12.1. The molecule has 272 valence electrons. The number of fused-ring (bicyclic) bond motifs is 3. The van der Waals surface area contributed by atoms with Gasteiger partial charge in [-0.05, 0) is 143 Å². The molecule has 1 unspecified atom stereocenters. The molecule has 1 aliphatic heterocycles.